The summed E-state index contributed by atoms with van der Waals surface area (Å²) < 4.78 is 4.57. The van der Waals surface area contributed by atoms with Gasteiger partial charge in [-0.25, -0.2) is 39.6 Å². The molecule has 0 radical (unpaired) electrons. The Labute approximate surface area is 374 Å². The summed E-state index contributed by atoms with van der Waals surface area (Å²) in [6.45, 7) is 26.4. The second-order valence-electron chi connectivity index (χ2n) is 16.3. The number of fused-ring (bicyclic) bond motifs is 6. The number of rotatable bonds is 6. The Balaban J connectivity index is 1.22. The number of nitrogens with zero attached hydrogens (tertiary/aromatic N) is 10. The van der Waals surface area contributed by atoms with Crippen molar-refractivity contribution < 1.29 is 0 Å². The molecule has 0 atom stereocenters. The van der Waals surface area contributed by atoms with Crippen molar-refractivity contribution in [1.82, 2.24) is 39.0 Å². The van der Waals surface area contributed by atoms with Gasteiger partial charge in [-0.3, -0.25) is 0 Å². The second kappa shape index (κ2) is 15.2. The first-order valence-electron chi connectivity index (χ1n) is 21.3. The minimum atomic E-state index is 0.498. The molecule has 7 aromatic carbocycles. The van der Waals surface area contributed by atoms with Crippen molar-refractivity contribution in [2.75, 3.05) is 0 Å². The van der Waals surface area contributed by atoms with Gasteiger partial charge in [0.1, 0.15) is 23.3 Å². The van der Waals surface area contributed by atoms with Crippen LogP contribution in [0.2, 0.25) is 0 Å². The fourth-order valence-electron chi connectivity index (χ4n) is 9.39. The van der Waals surface area contributed by atoms with E-state index in [1.165, 1.54) is 0 Å². The molecule has 0 saturated heterocycles. The highest BCUT2D eigenvalue weighted by Gasteiger charge is 2.24. The Hall–Kier alpha value is -8.86. The third-order valence-corrected chi connectivity index (χ3v) is 12.1. The van der Waals surface area contributed by atoms with Gasteiger partial charge in [0.2, 0.25) is 0 Å². The Morgan fingerprint density at radius 3 is 1.45 bits per heavy atom. The zero-order valence-electron chi connectivity index (χ0n) is 36.3. The van der Waals surface area contributed by atoms with Gasteiger partial charge in [-0.05, 0) is 118 Å². The molecule has 65 heavy (non-hydrogen) atoms. The van der Waals surface area contributed by atoms with Gasteiger partial charge in [0.25, 0.3) is 0 Å². The van der Waals surface area contributed by atoms with Crippen LogP contribution in [0.25, 0.3) is 110 Å². The molecule has 0 spiro atoms. The highest BCUT2D eigenvalue weighted by molar-refractivity contribution is 6.13. The quantitative estimate of drug-likeness (QED) is 0.155. The van der Waals surface area contributed by atoms with Crippen molar-refractivity contribution in [3.05, 3.63) is 191 Å². The molecule has 0 aliphatic carbocycles. The molecule has 0 fully saturated rings. The zero-order valence-corrected chi connectivity index (χ0v) is 36.3. The van der Waals surface area contributed by atoms with Gasteiger partial charge in [0.05, 0.1) is 40.9 Å². The van der Waals surface area contributed by atoms with Crippen LogP contribution in [0.4, 0.5) is 11.4 Å². The second-order valence-corrected chi connectivity index (χ2v) is 16.3. The summed E-state index contributed by atoms with van der Waals surface area (Å²) >= 11 is 0. The van der Waals surface area contributed by atoms with E-state index in [4.69, 9.17) is 33.1 Å². The topological polar surface area (TPSA) is 95.9 Å². The first-order valence-corrected chi connectivity index (χ1v) is 21.3. The molecule has 10 heteroatoms. The molecule has 308 valence electrons. The van der Waals surface area contributed by atoms with E-state index in [1.807, 2.05) is 65.0 Å². The standard InChI is InChI=1S/C55H38N10/c1-31-19-23-39(46(27-31)57-7)36-20-24-51(64-47-16-10-8-13-40(47)42-29-37(21-25-49(42)64)54-60-32(2)58-33(3)61-54)44(28-36)53-45(56-6)15-12-18-52(53)65-48-17-11-9-14-41(48)43-30-38(22-26-50(43)65)55-62-34(4)59-35(5)63-55/h8-30H,1-5H3. The highest BCUT2D eigenvalue weighted by Crippen LogP contribution is 2.47. The van der Waals surface area contributed by atoms with Crippen LogP contribution in [0, 0.1) is 47.8 Å². The van der Waals surface area contributed by atoms with Gasteiger partial charge in [0.15, 0.2) is 23.0 Å². The normalized spacial score (nSPS) is 11.4. The maximum atomic E-state index is 8.72. The summed E-state index contributed by atoms with van der Waals surface area (Å²) in [5, 5.41) is 4.20. The SMILES string of the molecule is [C-]#[N+]c1cc(C)ccc1-c1ccc(-n2c3ccccc3c3cc(-c4nc(C)nc(C)n4)ccc32)c(-c2c([N+]#[C-])cccc2-n2c3ccccc3c3cc(-c4nc(C)nc(C)n4)ccc32)c1. The van der Waals surface area contributed by atoms with Crippen LogP contribution in [0.15, 0.2) is 140 Å². The smallest absolute Gasteiger partial charge is 0.197 e. The molecular weight excluding hydrogens is 801 g/mol. The molecule has 0 saturated carbocycles. The monoisotopic (exact) mass is 838 g/mol. The van der Waals surface area contributed by atoms with Crippen molar-refractivity contribution in [2.45, 2.75) is 34.6 Å². The maximum absolute atomic E-state index is 8.72. The van der Waals surface area contributed by atoms with Crippen molar-refractivity contribution in [3.8, 4) is 56.4 Å². The minimum absolute atomic E-state index is 0.498. The molecule has 0 aliphatic rings. The van der Waals surface area contributed by atoms with Gasteiger partial charge in [-0.15, -0.1) is 0 Å². The first kappa shape index (κ1) is 39.0. The number of benzene rings is 7. The summed E-state index contributed by atoms with van der Waals surface area (Å²) in [5.41, 5.74) is 12.9. The summed E-state index contributed by atoms with van der Waals surface area (Å²) in [6, 6.07) is 47.8. The Morgan fingerprint density at radius 2 is 0.892 bits per heavy atom. The largest absolute Gasteiger partial charge is 0.310 e. The van der Waals surface area contributed by atoms with E-state index >= 15 is 0 Å². The average Bonchev–Trinajstić information content (AvgIpc) is 3.82. The highest BCUT2D eigenvalue weighted by atomic mass is 15.0. The van der Waals surface area contributed by atoms with Crippen molar-refractivity contribution in [2.24, 2.45) is 0 Å². The van der Waals surface area contributed by atoms with E-state index in [2.05, 4.69) is 138 Å². The molecule has 0 aliphatic heterocycles. The van der Waals surface area contributed by atoms with E-state index in [-0.39, 0.29) is 0 Å². The minimum Gasteiger partial charge on any atom is -0.310 e. The van der Waals surface area contributed by atoms with Gasteiger partial charge in [-0.1, -0.05) is 78.4 Å². The van der Waals surface area contributed by atoms with E-state index in [9.17, 15) is 0 Å². The van der Waals surface area contributed by atoms with E-state index in [0.29, 0.717) is 46.3 Å². The van der Waals surface area contributed by atoms with Crippen LogP contribution < -0.4 is 0 Å². The predicted molar refractivity (Wildman–Crippen MR) is 260 cm³/mol. The van der Waals surface area contributed by atoms with Gasteiger partial charge < -0.3 is 9.13 Å². The van der Waals surface area contributed by atoms with Crippen LogP contribution in [0.3, 0.4) is 0 Å². The fourth-order valence-corrected chi connectivity index (χ4v) is 9.39. The van der Waals surface area contributed by atoms with Gasteiger partial charge in [-0.2, -0.15) is 0 Å². The lowest BCUT2D eigenvalue weighted by Crippen LogP contribution is -2.02. The van der Waals surface area contributed by atoms with Gasteiger partial charge in [0, 0.05) is 43.9 Å². The van der Waals surface area contributed by atoms with E-state index in [1.54, 1.807) is 0 Å². The van der Waals surface area contributed by atoms with Gasteiger partial charge >= 0.3 is 0 Å². The molecule has 0 amide bonds. The predicted octanol–water partition coefficient (Wildman–Crippen LogP) is 13.6. The zero-order chi connectivity index (χ0) is 44.5. The molecule has 4 heterocycles. The third-order valence-electron chi connectivity index (χ3n) is 12.1. The summed E-state index contributed by atoms with van der Waals surface area (Å²) in [6.07, 6.45) is 0. The average molecular weight is 839 g/mol. The fraction of sp³-hybridized carbons (Fsp3) is 0.0909. The molecule has 11 aromatic rings. The maximum Gasteiger partial charge on any atom is 0.197 e. The summed E-state index contributed by atoms with van der Waals surface area (Å²) in [5.74, 6) is 3.91. The van der Waals surface area contributed by atoms with Crippen LogP contribution >= 0.6 is 0 Å². The lowest BCUT2D eigenvalue weighted by atomic mass is 9.93. The summed E-state index contributed by atoms with van der Waals surface area (Å²) in [7, 11) is 0. The van der Waals surface area contributed by atoms with Crippen LogP contribution in [-0.2, 0) is 0 Å². The molecule has 4 aromatic heterocycles. The summed E-state index contributed by atoms with van der Waals surface area (Å²) in [4.78, 5) is 35.8. The van der Waals surface area contributed by atoms with Crippen molar-refractivity contribution in [1.29, 1.82) is 0 Å². The molecule has 0 N–H and O–H groups in total. The number of para-hydroxylation sites is 2. The molecule has 11 rings (SSSR count). The third kappa shape index (κ3) is 6.47. The Bertz CT molecular complexity index is 3840. The molecular formula is C55H38N10. The van der Waals surface area contributed by atoms with Crippen LogP contribution in [-0.4, -0.2) is 39.0 Å². The number of aromatic nitrogens is 8. The van der Waals surface area contributed by atoms with E-state index in [0.717, 1.165) is 93.9 Å². The first-order chi connectivity index (χ1) is 31.7. The lowest BCUT2D eigenvalue weighted by Gasteiger charge is -2.21. The number of hydrogen-bond acceptors (Lipinski definition) is 6. The molecule has 0 unspecified atom stereocenters. The Morgan fingerprint density at radius 1 is 0.385 bits per heavy atom. The van der Waals surface area contributed by atoms with E-state index < -0.39 is 0 Å². The van der Waals surface area contributed by atoms with Crippen molar-refractivity contribution in [3.63, 3.8) is 0 Å². The number of hydrogen-bond donors (Lipinski definition) is 0. The molecule has 10 nitrogen and oxygen atoms in total. The number of aryl methyl sites for hydroxylation is 5. The van der Waals surface area contributed by atoms with Crippen LogP contribution in [0.5, 0.6) is 0 Å². The lowest BCUT2D eigenvalue weighted by molar-refractivity contribution is 0.928. The Kier molecular flexibility index (Phi) is 9.12. The molecule has 0 bridgehead atoms. The van der Waals surface area contributed by atoms with Crippen molar-refractivity contribution >= 4 is 55.0 Å². The van der Waals surface area contributed by atoms with Crippen LogP contribution in [0.1, 0.15) is 28.9 Å².